The SMILES string of the molecule is C[CH]CCC=CCC. The van der Waals surface area contributed by atoms with Crippen molar-refractivity contribution in [3.8, 4) is 0 Å². The first-order valence-electron chi connectivity index (χ1n) is 3.34. The quantitative estimate of drug-likeness (QED) is 0.386. The third kappa shape index (κ3) is 5.74. The van der Waals surface area contributed by atoms with Crippen molar-refractivity contribution < 1.29 is 0 Å². The first-order valence-corrected chi connectivity index (χ1v) is 3.34. The summed E-state index contributed by atoms with van der Waals surface area (Å²) in [4.78, 5) is 0. The Balaban J connectivity index is 2.80. The van der Waals surface area contributed by atoms with Gasteiger partial charge in [-0.2, -0.15) is 0 Å². The molecule has 8 heavy (non-hydrogen) atoms. The average molecular weight is 111 g/mol. The maximum Gasteiger partial charge on any atom is -0.0348 e. The lowest BCUT2D eigenvalue weighted by atomic mass is 10.2. The van der Waals surface area contributed by atoms with Crippen molar-refractivity contribution >= 4 is 0 Å². The Morgan fingerprint density at radius 3 is 2.38 bits per heavy atom. The van der Waals surface area contributed by atoms with Crippen LogP contribution in [0.3, 0.4) is 0 Å². The standard InChI is InChI=1S/C8H15/c1-3-5-7-8-6-4-2/h3,6,8H,4-5,7H2,1-2H3. The van der Waals surface area contributed by atoms with Gasteiger partial charge in [0.15, 0.2) is 0 Å². The lowest BCUT2D eigenvalue weighted by Gasteiger charge is -1.85. The van der Waals surface area contributed by atoms with Gasteiger partial charge >= 0.3 is 0 Å². The number of rotatable bonds is 4. The van der Waals surface area contributed by atoms with E-state index in [1.165, 1.54) is 19.3 Å². The zero-order valence-electron chi connectivity index (χ0n) is 5.85. The highest BCUT2D eigenvalue weighted by atomic mass is 13.8. The minimum atomic E-state index is 1.17. The van der Waals surface area contributed by atoms with Gasteiger partial charge < -0.3 is 0 Å². The molecule has 0 aliphatic heterocycles. The molecular weight excluding hydrogens is 96.1 g/mol. The molecule has 0 saturated carbocycles. The predicted octanol–water partition coefficient (Wildman–Crippen LogP) is 2.96. The van der Waals surface area contributed by atoms with Crippen LogP contribution in [-0.4, -0.2) is 0 Å². The highest BCUT2D eigenvalue weighted by molar-refractivity contribution is 4.81. The van der Waals surface area contributed by atoms with E-state index >= 15 is 0 Å². The summed E-state index contributed by atoms with van der Waals surface area (Å²) in [6, 6.07) is 0. The van der Waals surface area contributed by atoms with Crippen molar-refractivity contribution in [3.05, 3.63) is 18.6 Å². The van der Waals surface area contributed by atoms with E-state index < -0.39 is 0 Å². The molecule has 0 aliphatic carbocycles. The number of hydrogen-bond acceptors (Lipinski definition) is 0. The fourth-order valence-electron chi connectivity index (χ4n) is 0.547. The van der Waals surface area contributed by atoms with Gasteiger partial charge in [-0.3, -0.25) is 0 Å². The summed E-state index contributed by atoms with van der Waals surface area (Å²) in [5, 5.41) is 0. The van der Waals surface area contributed by atoms with Crippen LogP contribution >= 0.6 is 0 Å². The van der Waals surface area contributed by atoms with E-state index in [-0.39, 0.29) is 0 Å². The second-order valence-corrected chi connectivity index (χ2v) is 1.87. The van der Waals surface area contributed by atoms with E-state index in [9.17, 15) is 0 Å². The molecule has 0 N–H and O–H groups in total. The van der Waals surface area contributed by atoms with Gasteiger partial charge in [0, 0.05) is 0 Å². The summed E-state index contributed by atoms with van der Waals surface area (Å²) in [7, 11) is 0. The molecule has 1 radical (unpaired) electrons. The van der Waals surface area contributed by atoms with Crippen LogP contribution in [0.1, 0.15) is 33.1 Å². The smallest absolute Gasteiger partial charge is 0.0348 e. The van der Waals surface area contributed by atoms with Crippen molar-refractivity contribution in [2.45, 2.75) is 33.1 Å². The van der Waals surface area contributed by atoms with Crippen LogP contribution in [-0.2, 0) is 0 Å². The van der Waals surface area contributed by atoms with Gasteiger partial charge in [0.1, 0.15) is 0 Å². The topological polar surface area (TPSA) is 0 Å². The van der Waals surface area contributed by atoms with E-state index in [2.05, 4.69) is 32.4 Å². The minimum absolute atomic E-state index is 1.17. The first kappa shape index (κ1) is 7.74. The van der Waals surface area contributed by atoms with Crippen LogP contribution in [0, 0.1) is 6.42 Å². The largest absolute Gasteiger partial charge is 0.0888 e. The van der Waals surface area contributed by atoms with Crippen molar-refractivity contribution in [2.75, 3.05) is 0 Å². The zero-order valence-corrected chi connectivity index (χ0v) is 5.85. The van der Waals surface area contributed by atoms with Crippen LogP contribution in [0.4, 0.5) is 0 Å². The normalized spacial score (nSPS) is 10.8. The van der Waals surface area contributed by atoms with Gasteiger partial charge in [0.25, 0.3) is 0 Å². The van der Waals surface area contributed by atoms with Crippen molar-refractivity contribution in [1.82, 2.24) is 0 Å². The molecular formula is C8H15. The highest BCUT2D eigenvalue weighted by Crippen LogP contribution is 1.93. The summed E-state index contributed by atoms with van der Waals surface area (Å²) in [5.41, 5.74) is 0. The molecule has 0 amide bonds. The molecule has 0 bridgehead atoms. The predicted molar refractivity (Wildman–Crippen MR) is 38.6 cm³/mol. The minimum Gasteiger partial charge on any atom is -0.0888 e. The van der Waals surface area contributed by atoms with E-state index in [1.807, 2.05) is 0 Å². The van der Waals surface area contributed by atoms with Gasteiger partial charge in [-0.1, -0.05) is 26.0 Å². The number of hydrogen-bond donors (Lipinski definition) is 0. The molecule has 0 spiro atoms. The van der Waals surface area contributed by atoms with Crippen molar-refractivity contribution in [3.63, 3.8) is 0 Å². The van der Waals surface area contributed by atoms with Crippen LogP contribution in [0.15, 0.2) is 12.2 Å². The maximum absolute atomic E-state index is 2.24. The molecule has 47 valence electrons. The summed E-state index contributed by atoms with van der Waals surface area (Å²) in [5.74, 6) is 0. The molecule has 0 saturated heterocycles. The third-order valence-electron chi connectivity index (χ3n) is 1.02. The summed E-state index contributed by atoms with van der Waals surface area (Å²) in [6.07, 6.45) is 10.2. The van der Waals surface area contributed by atoms with E-state index in [0.29, 0.717) is 0 Å². The molecule has 0 fully saturated rings. The fourth-order valence-corrected chi connectivity index (χ4v) is 0.547. The Morgan fingerprint density at radius 1 is 1.12 bits per heavy atom. The number of allylic oxidation sites excluding steroid dienone is 2. The molecule has 0 heteroatoms. The molecule has 0 aromatic carbocycles. The zero-order chi connectivity index (χ0) is 6.24. The van der Waals surface area contributed by atoms with Gasteiger partial charge in [-0.25, -0.2) is 0 Å². The van der Waals surface area contributed by atoms with Gasteiger partial charge in [0.05, 0.1) is 0 Å². The Bertz CT molecular complexity index is 53.1. The molecule has 0 aromatic heterocycles. The second-order valence-electron chi connectivity index (χ2n) is 1.87. The van der Waals surface area contributed by atoms with Gasteiger partial charge in [0.2, 0.25) is 0 Å². The maximum atomic E-state index is 2.24. The monoisotopic (exact) mass is 111 g/mol. The first-order chi connectivity index (χ1) is 3.91. The van der Waals surface area contributed by atoms with Crippen LogP contribution in [0.5, 0.6) is 0 Å². The van der Waals surface area contributed by atoms with Crippen LogP contribution in [0.2, 0.25) is 0 Å². The Hall–Kier alpha value is -0.260. The van der Waals surface area contributed by atoms with Crippen LogP contribution < -0.4 is 0 Å². The Labute approximate surface area is 52.6 Å². The highest BCUT2D eigenvalue weighted by Gasteiger charge is 1.74. The molecule has 0 aliphatic rings. The number of unbranched alkanes of at least 4 members (excludes halogenated alkanes) is 2. The third-order valence-corrected chi connectivity index (χ3v) is 1.02. The molecule has 0 nitrogen and oxygen atoms in total. The molecule has 0 atom stereocenters. The lowest BCUT2D eigenvalue weighted by molar-refractivity contribution is 0.966. The summed E-state index contributed by atoms with van der Waals surface area (Å²) >= 11 is 0. The van der Waals surface area contributed by atoms with Crippen molar-refractivity contribution in [2.24, 2.45) is 0 Å². The molecule has 0 unspecified atom stereocenters. The Kier molecular flexibility index (Phi) is 6.52. The van der Waals surface area contributed by atoms with Gasteiger partial charge in [-0.15, -0.1) is 0 Å². The summed E-state index contributed by atoms with van der Waals surface area (Å²) < 4.78 is 0. The van der Waals surface area contributed by atoms with E-state index in [1.54, 1.807) is 0 Å². The fraction of sp³-hybridized carbons (Fsp3) is 0.625. The van der Waals surface area contributed by atoms with Gasteiger partial charge in [-0.05, 0) is 25.7 Å². The average Bonchev–Trinajstić information content (AvgIpc) is 1.81. The molecule has 0 rings (SSSR count). The molecule has 0 heterocycles. The Morgan fingerprint density at radius 2 is 1.88 bits per heavy atom. The van der Waals surface area contributed by atoms with E-state index in [4.69, 9.17) is 0 Å². The summed E-state index contributed by atoms with van der Waals surface area (Å²) in [6.45, 7) is 4.26. The lowest BCUT2D eigenvalue weighted by Crippen LogP contribution is -1.66. The molecule has 0 aromatic rings. The second kappa shape index (κ2) is 6.74. The van der Waals surface area contributed by atoms with Crippen molar-refractivity contribution in [1.29, 1.82) is 0 Å². The van der Waals surface area contributed by atoms with E-state index in [0.717, 1.165) is 0 Å². The van der Waals surface area contributed by atoms with Crippen LogP contribution in [0.25, 0.3) is 0 Å².